The Bertz CT molecular complexity index is 309. The van der Waals surface area contributed by atoms with Gasteiger partial charge < -0.3 is 16.6 Å². The van der Waals surface area contributed by atoms with Crippen LogP contribution in [0.2, 0.25) is 0 Å². The van der Waals surface area contributed by atoms with E-state index in [0.717, 1.165) is 25.7 Å². The summed E-state index contributed by atoms with van der Waals surface area (Å²) < 4.78 is 0. The lowest BCUT2D eigenvalue weighted by Crippen LogP contribution is -2.50. The van der Waals surface area contributed by atoms with Gasteiger partial charge in [-0.05, 0) is 26.2 Å². The molecule has 2 unspecified atom stereocenters. The van der Waals surface area contributed by atoms with E-state index in [0.29, 0.717) is 6.42 Å². The molecule has 1 fully saturated rings. The van der Waals surface area contributed by atoms with Crippen LogP contribution in [0.1, 0.15) is 46.0 Å². The Morgan fingerprint density at radius 3 is 2.39 bits per heavy atom. The SMILES string of the molecule is CCC(N=C(N)N)N(C1CCCC1)C(C)C(=O)O. The Balaban J connectivity index is 2.93. The van der Waals surface area contributed by atoms with Crippen molar-refractivity contribution in [3.8, 4) is 0 Å². The number of hydrogen-bond donors (Lipinski definition) is 3. The Kier molecular flexibility index (Phi) is 5.40. The molecule has 1 rings (SSSR count). The molecule has 0 aromatic heterocycles. The number of hydrogen-bond acceptors (Lipinski definition) is 3. The summed E-state index contributed by atoms with van der Waals surface area (Å²) in [5.74, 6) is -0.812. The molecule has 6 nitrogen and oxygen atoms in total. The first-order valence-electron chi connectivity index (χ1n) is 6.56. The zero-order chi connectivity index (χ0) is 13.7. The second-order valence-corrected chi connectivity index (χ2v) is 4.84. The second kappa shape index (κ2) is 6.58. The molecular weight excluding hydrogens is 232 g/mol. The van der Waals surface area contributed by atoms with Crippen molar-refractivity contribution < 1.29 is 9.90 Å². The molecule has 0 heterocycles. The molecule has 0 aromatic rings. The minimum Gasteiger partial charge on any atom is -0.480 e. The van der Waals surface area contributed by atoms with Crippen molar-refractivity contribution in [3.05, 3.63) is 0 Å². The van der Waals surface area contributed by atoms with Crippen LogP contribution in [0.5, 0.6) is 0 Å². The van der Waals surface area contributed by atoms with Crippen LogP contribution in [-0.2, 0) is 4.79 Å². The van der Waals surface area contributed by atoms with Gasteiger partial charge in [-0.3, -0.25) is 9.69 Å². The number of aliphatic carboxylic acids is 1. The maximum Gasteiger partial charge on any atom is 0.320 e. The predicted molar refractivity (Wildman–Crippen MR) is 71.1 cm³/mol. The summed E-state index contributed by atoms with van der Waals surface area (Å²) in [5, 5.41) is 9.24. The summed E-state index contributed by atoms with van der Waals surface area (Å²) in [5.41, 5.74) is 10.9. The van der Waals surface area contributed by atoms with Crippen LogP contribution in [0.4, 0.5) is 0 Å². The van der Waals surface area contributed by atoms with Gasteiger partial charge in [-0.15, -0.1) is 0 Å². The van der Waals surface area contributed by atoms with Crippen molar-refractivity contribution in [2.45, 2.75) is 64.2 Å². The van der Waals surface area contributed by atoms with Crippen molar-refractivity contribution in [3.63, 3.8) is 0 Å². The zero-order valence-corrected chi connectivity index (χ0v) is 11.2. The van der Waals surface area contributed by atoms with E-state index in [-0.39, 0.29) is 18.2 Å². The van der Waals surface area contributed by atoms with Gasteiger partial charge >= 0.3 is 5.97 Å². The maximum atomic E-state index is 11.3. The molecule has 104 valence electrons. The third-order valence-electron chi connectivity index (χ3n) is 3.56. The van der Waals surface area contributed by atoms with Gasteiger partial charge in [0.25, 0.3) is 0 Å². The normalized spacial score (nSPS) is 19.7. The van der Waals surface area contributed by atoms with E-state index in [2.05, 4.69) is 4.99 Å². The third kappa shape index (κ3) is 3.60. The topological polar surface area (TPSA) is 105 Å². The summed E-state index contributed by atoms with van der Waals surface area (Å²) in [6.07, 6.45) is 4.79. The van der Waals surface area contributed by atoms with E-state index in [1.54, 1.807) is 6.92 Å². The monoisotopic (exact) mass is 256 g/mol. The fourth-order valence-corrected chi connectivity index (χ4v) is 2.69. The summed E-state index contributed by atoms with van der Waals surface area (Å²) >= 11 is 0. The molecule has 18 heavy (non-hydrogen) atoms. The summed E-state index contributed by atoms with van der Waals surface area (Å²) in [4.78, 5) is 17.4. The standard InChI is InChI=1S/C12H24N4O2/c1-3-10(15-12(13)14)16(8(2)11(17)18)9-6-4-5-7-9/h8-10H,3-7H2,1-2H3,(H,17,18)(H4,13,14,15). The fourth-order valence-electron chi connectivity index (χ4n) is 2.69. The van der Waals surface area contributed by atoms with E-state index in [1.165, 1.54) is 0 Å². The quantitative estimate of drug-likeness (QED) is 0.479. The average molecular weight is 256 g/mol. The van der Waals surface area contributed by atoms with Crippen molar-refractivity contribution in [1.82, 2.24) is 4.90 Å². The summed E-state index contributed by atoms with van der Waals surface area (Å²) in [7, 11) is 0. The van der Waals surface area contributed by atoms with Gasteiger partial charge in [0.2, 0.25) is 0 Å². The van der Waals surface area contributed by atoms with Crippen LogP contribution in [0.3, 0.4) is 0 Å². The lowest BCUT2D eigenvalue weighted by Gasteiger charge is -2.36. The number of carbonyl (C=O) groups is 1. The number of guanidine groups is 1. The minimum atomic E-state index is -0.828. The molecule has 2 atom stereocenters. The second-order valence-electron chi connectivity index (χ2n) is 4.84. The highest BCUT2D eigenvalue weighted by Gasteiger charge is 2.34. The van der Waals surface area contributed by atoms with Crippen molar-refractivity contribution >= 4 is 11.9 Å². The number of carboxylic acid groups (broad SMARTS) is 1. The molecule has 1 saturated carbocycles. The number of carboxylic acids is 1. The van der Waals surface area contributed by atoms with Gasteiger partial charge in [0, 0.05) is 6.04 Å². The Hall–Kier alpha value is -1.30. The largest absolute Gasteiger partial charge is 0.480 e. The van der Waals surface area contributed by atoms with Crippen LogP contribution in [-0.4, -0.2) is 40.2 Å². The molecule has 0 aliphatic heterocycles. The molecule has 6 heteroatoms. The number of rotatable bonds is 6. The molecule has 0 spiro atoms. The smallest absolute Gasteiger partial charge is 0.320 e. The molecule has 1 aliphatic rings. The number of nitrogens with two attached hydrogens (primary N) is 2. The molecule has 0 amide bonds. The van der Waals surface area contributed by atoms with Crippen LogP contribution < -0.4 is 11.5 Å². The number of nitrogens with zero attached hydrogens (tertiary/aromatic N) is 2. The fraction of sp³-hybridized carbons (Fsp3) is 0.833. The minimum absolute atomic E-state index is 0.0161. The van der Waals surface area contributed by atoms with Gasteiger partial charge in [-0.1, -0.05) is 19.8 Å². The molecule has 0 bridgehead atoms. The molecule has 0 radical (unpaired) electrons. The van der Waals surface area contributed by atoms with Gasteiger partial charge in [0.1, 0.15) is 12.2 Å². The van der Waals surface area contributed by atoms with Gasteiger partial charge in [0.15, 0.2) is 5.96 Å². The summed E-state index contributed by atoms with van der Waals surface area (Å²) in [6, 6.07) is -0.301. The van der Waals surface area contributed by atoms with Crippen LogP contribution >= 0.6 is 0 Å². The number of aliphatic imine (C=N–C) groups is 1. The maximum absolute atomic E-state index is 11.3. The van der Waals surface area contributed by atoms with Crippen molar-refractivity contribution in [2.75, 3.05) is 0 Å². The first-order valence-corrected chi connectivity index (χ1v) is 6.56. The van der Waals surface area contributed by atoms with Crippen molar-refractivity contribution in [2.24, 2.45) is 16.5 Å². The van der Waals surface area contributed by atoms with E-state index in [1.807, 2.05) is 11.8 Å². The highest BCUT2D eigenvalue weighted by atomic mass is 16.4. The average Bonchev–Trinajstić information content (AvgIpc) is 2.80. The Morgan fingerprint density at radius 1 is 1.44 bits per heavy atom. The van der Waals surface area contributed by atoms with Crippen LogP contribution in [0.25, 0.3) is 0 Å². The zero-order valence-electron chi connectivity index (χ0n) is 11.2. The van der Waals surface area contributed by atoms with Crippen LogP contribution in [0, 0.1) is 0 Å². The van der Waals surface area contributed by atoms with E-state index >= 15 is 0 Å². The molecule has 5 N–H and O–H groups in total. The molecule has 0 saturated heterocycles. The third-order valence-corrected chi connectivity index (χ3v) is 3.56. The van der Waals surface area contributed by atoms with Gasteiger partial charge in [-0.25, -0.2) is 4.99 Å². The predicted octanol–water partition coefficient (Wildman–Crippen LogP) is 0.714. The highest BCUT2D eigenvalue weighted by Crippen LogP contribution is 2.28. The van der Waals surface area contributed by atoms with Crippen LogP contribution in [0.15, 0.2) is 4.99 Å². The first-order chi connectivity index (χ1) is 8.47. The van der Waals surface area contributed by atoms with E-state index in [4.69, 9.17) is 11.5 Å². The van der Waals surface area contributed by atoms with Gasteiger partial charge in [0.05, 0.1) is 0 Å². The van der Waals surface area contributed by atoms with E-state index in [9.17, 15) is 9.90 Å². The van der Waals surface area contributed by atoms with E-state index < -0.39 is 12.0 Å². The Labute approximate surface area is 108 Å². The van der Waals surface area contributed by atoms with Crippen molar-refractivity contribution in [1.29, 1.82) is 0 Å². The molecule has 0 aromatic carbocycles. The Morgan fingerprint density at radius 2 is 2.00 bits per heavy atom. The lowest BCUT2D eigenvalue weighted by atomic mass is 10.1. The first kappa shape index (κ1) is 14.8. The summed E-state index contributed by atoms with van der Waals surface area (Å²) in [6.45, 7) is 3.67. The highest BCUT2D eigenvalue weighted by molar-refractivity contribution is 5.76. The molecule has 1 aliphatic carbocycles. The lowest BCUT2D eigenvalue weighted by molar-refractivity contribution is -0.144. The molecular formula is C12H24N4O2. The van der Waals surface area contributed by atoms with Gasteiger partial charge in [-0.2, -0.15) is 0 Å².